The molecule has 2 nitrogen and oxygen atoms in total. The number of hydrogen-bond acceptors (Lipinski definition) is 2. The largest absolute Gasteiger partial charge is 0.329 e. The molecule has 0 spiro atoms. The van der Waals surface area contributed by atoms with Crippen LogP contribution in [0.5, 0.6) is 0 Å². The highest BCUT2D eigenvalue weighted by molar-refractivity contribution is 5.19. The van der Waals surface area contributed by atoms with Crippen LogP contribution in [0.4, 0.5) is 0 Å². The molecule has 3 rings (SSSR count). The molecule has 1 heterocycles. The molecule has 1 saturated heterocycles. The fourth-order valence-electron chi connectivity index (χ4n) is 4.59. The molecule has 1 aromatic carbocycles. The van der Waals surface area contributed by atoms with Crippen LogP contribution < -0.4 is 5.73 Å². The minimum atomic E-state index is 0.563. The zero-order valence-electron chi connectivity index (χ0n) is 13.4. The lowest BCUT2D eigenvalue weighted by Crippen LogP contribution is -2.46. The van der Waals surface area contributed by atoms with E-state index in [1.54, 1.807) is 0 Å². The van der Waals surface area contributed by atoms with E-state index in [1.165, 1.54) is 50.6 Å². The van der Waals surface area contributed by atoms with Crippen molar-refractivity contribution in [3.63, 3.8) is 0 Å². The van der Waals surface area contributed by atoms with E-state index >= 15 is 0 Å². The van der Waals surface area contributed by atoms with Gasteiger partial charge in [-0.25, -0.2) is 0 Å². The van der Waals surface area contributed by atoms with Crippen molar-refractivity contribution in [2.24, 2.45) is 11.7 Å². The van der Waals surface area contributed by atoms with Gasteiger partial charge in [0.1, 0.15) is 0 Å². The second-order valence-corrected chi connectivity index (χ2v) is 7.08. The fraction of sp³-hybridized carbons (Fsp3) is 0.684. The minimum Gasteiger partial charge on any atom is -0.329 e. The van der Waals surface area contributed by atoms with Crippen LogP contribution >= 0.6 is 0 Å². The standard InChI is InChI=1S/C19H30N2/c1-15(16-7-3-2-4-8-16)13-18(14-20)21-12-11-17-9-5-6-10-19(17)21/h2-4,7-8,15,17-19H,5-6,9-14,20H2,1H3. The molecule has 4 unspecified atom stereocenters. The van der Waals surface area contributed by atoms with Gasteiger partial charge < -0.3 is 5.73 Å². The van der Waals surface area contributed by atoms with E-state index in [4.69, 9.17) is 5.73 Å². The highest BCUT2D eigenvalue weighted by Crippen LogP contribution is 2.38. The van der Waals surface area contributed by atoms with Crippen LogP contribution in [0.3, 0.4) is 0 Å². The molecular formula is C19H30N2. The highest BCUT2D eigenvalue weighted by Gasteiger charge is 2.38. The van der Waals surface area contributed by atoms with E-state index in [2.05, 4.69) is 42.2 Å². The summed E-state index contributed by atoms with van der Waals surface area (Å²) < 4.78 is 0. The maximum atomic E-state index is 6.16. The number of nitrogens with zero attached hydrogens (tertiary/aromatic N) is 1. The Morgan fingerprint density at radius 2 is 1.90 bits per heavy atom. The average molecular weight is 286 g/mol. The zero-order valence-corrected chi connectivity index (χ0v) is 13.4. The van der Waals surface area contributed by atoms with Crippen LogP contribution in [0.25, 0.3) is 0 Å². The van der Waals surface area contributed by atoms with Gasteiger partial charge in [0, 0.05) is 18.6 Å². The summed E-state index contributed by atoms with van der Waals surface area (Å²) in [6, 6.07) is 12.3. The van der Waals surface area contributed by atoms with Gasteiger partial charge in [0.2, 0.25) is 0 Å². The van der Waals surface area contributed by atoms with Crippen LogP contribution in [-0.4, -0.2) is 30.1 Å². The zero-order chi connectivity index (χ0) is 14.7. The molecule has 0 amide bonds. The number of likely N-dealkylation sites (tertiary alicyclic amines) is 1. The number of fused-ring (bicyclic) bond motifs is 1. The predicted octanol–water partition coefficient (Wildman–Crippen LogP) is 3.77. The summed E-state index contributed by atoms with van der Waals surface area (Å²) in [5, 5.41) is 0. The van der Waals surface area contributed by atoms with Crippen molar-refractivity contribution in [1.29, 1.82) is 0 Å². The third-order valence-corrected chi connectivity index (χ3v) is 5.79. The van der Waals surface area contributed by atoms with Gasteiger partial charge in [-0.1, -0.05) is 50.1 Å². The topological polar surface area (TPSA) is 29.3 Å². The number of rotatable bonds is 5. The summed E-state index contributed by atoms with van der Waals surface area (Å²) in [6.07, 6.45) is 8.32. The van der Waals surface area contributed by atoms with Gasteiger partial charge in [0.25, 0.3) is 0 Å². The second kappa shape index (κ2) is 6.93. The van der Waals surface area contributed by atoms with E-state index in [0.29, 0.717) is 12.0 Å². The van der Waals surface area contributed by atoms with Crippen LogP contribution in [0.15, 0.2) is 30.3 Å². The van der Waals surface area contributed by atoms with E-state index in [9.17, 15) is 0 Å². The average Bonchev–Trinajstić information content (AvgIpc) is 2.97. The third kappa shape index (κ3) is 3.32. The molecule has 1 aliphatic heterocycles. The summed E-state index contributed by atoms with van der Waals surface area (Å²) in [5.74, 6) is 1.56. The molecule has 0 radical (unpaired) electrons. The minimum absolute atomic E-state index is 0.563. The van der Waals surface area contributed by atoms with Crippen LogP contribution in [-0.2, 0) is 0 Å². The van der Waals surface area contributed by atoms with Gasteiger partial charge in [-0.05, 0) is 49.6 Å². The molecule has 1 saturated carbocycles. The van der Waals surface area contributed by atoms with Crippen molar-refractivity contribution in [3.05, 3.63) is 35.9 Å². The molecule has 0 aromatic heterocycles. The molecule has 1 aliphatic carbocycles. The molecule has 2 fully saturated rings. The summed E-state index contributed by atoms with van der Waals surface area (Å²) >= 11 is 0. The van der Waals surface area contributed by atoms with Crippen molar-refractivity contribution in [1.82, 2.24) is 4.90 Å². The molecule has 2 heteroatoms. The lowest BCUT2D eigenvalue weighted by Gasteiger charge is -2.37. The van der Waals surface area contributed by atoms with Crippen LogP contribution in [0, 0.1) is 5.92 Å². The normalized spacial score (nSPS) is 29.0. The Hall–Kier alpha value is -0.860. The van der Waals surface area contributed by atoms with Gasteiger partial charge in [0.15, 0.2) is 0 Å². The molecule has 116 valence electrons. The molecule has 2 aliphatic rings. The first-order chi connectivity index (χ1) is 10.3. The summed E-state index contributed by atoms with van der Waals surface area (Å²) in [5.41, 5.74) is 7.61. The monoisotopic (exact) mass is 286 g/mol. The summed E-state index contributed by atoms with van der Waals surface area (Å²) in [4.78, 5) is 2.77. The van der Waals surface area contributed by atoms with Gasteiger partial charge in [-0.2, -0.15) is 0 Å². The Morgan fingerprint density at radius 3 is 2.67 bits per heavy atom. The highest BCUT2D eigenvalue weighted by atomic mass is 15.2. The van der Waals surface area contributed by atoms with Gasteiger partial charge >= 0.3 is 0 Å². The van der Waals surface area contributed by atoms with E-state index < -0.39 is 0 Å². The molecule has 2 N–H and O–H groups in total. The van der Waals surface area contributed by atoms with E-state index in [-0.39, 0.29) is 0 Å². The van der Waals surface area contributed by atoms with Gasteiger partial charge in [-0.3, -0.25) is 4.90 Å². The maximum absolute atomic E-state index is 6.16. The van der Waals surface area contributed by atoms with Crippen LogP contribution in [0.2, 0.25) is 0 Å². The molecule has 0 bridgehead atoms. The van der Waals surface area contributed by atoms with Crippen molar-refractivity contribution in [2.45, 2.75) is 63.5 Å². The third-order valence-electron chi connectivity index (χ3n) is 5.79. The summed E-state index contributed by atoms with van der Waals surface area (Å²) in [7, 11) is 0. The first-order valence-electron chi connectivity index (χ1n) is 8.80. The van der Waals surface area contributed by atoms with Crippen molar-refractivity contribution < 1.29 is 0 Å². The molecular weight excluding hydrogens is 256 g/mol. The van der Waals surface area contributed by atoms with Crippen molar-refractivity contribution in [2.75, 3.05) is 13.1 Å². The Bertz CT molecular complexity index is 430. The molecule has 21 heavy (non-hydrogen) atoms. The smallest absolute Gasteiger partial charge is 0.0227 e. The summed E-state index contributed by atoms with van der Waals surface area (Å²) in [6.45, 7) is 4.44. The van der Waals surface area contributed by atoms with Gasteiger partial charge in [0.05, 0.1) is 0 Å². The molecule has 1 aromatic rings. The predicted molar refractivity (Wildman–Crippen MR) is 89.4 cm³/mol. The fourth-order valence-corrected chi connectivity index (χ4v) is 4.59. The SMILES string of the molecule is CC(CC(CN)N1CCC2CCCCC21)c1ccccc1. The Balaban J connectivity index is 1.65. The Kier molecular flexibility index (Phi) is 4.97. The molecule has 4 atom stereocenters. The quantitative estimate of drug-likeness (QED) is 0.892. The lowest BCUT2D eigenvalue weighted by molar-refractivity contribution is 0.126. The van der Waals surface area contributed by atoms with Gasteiger partial charge in [-0.15, -0.1) is 0 Å². The first kappa shape index (κ1) is 15.1. The van der Waals surface area contributed by atoms with E-state index in [1.807, 2.05) is 0 Å². The maximum Gasteiger partial charge on any atom is 0.0227 e. The Morgan fingerprint density at radius 1 is 1.14 bits per heavy atom. The lowest BCUT2D eigenvalue weighted by atomic mass is 9.84. The van der Waals surface area contributed by atoms with Crippen LogP contribution in [0.1, 0.15) is 56.9 Å². The number of benzene rings is 1. The van der Waals surface area contributed by atoms with Crippen molar-refractivity contribution >= 4 is 0 Å². The first-order valence-corrected chi connectivity index (χ1v) is 8.80. The van der Waals surface area contributed by atoms with Crippen molar-refractivity contribution in [3.8, 4) is 0 Å². The van der Waals surface area contributed by atoms with E-state index in [0.717, 1.165) is 18.5 Å². The number of nitrogens with two attached hydrogens (primary N) is 1. The Labute approximate surface area is 129 Å². The second-order valence-electron chi connectivity index (χ2n) is 7.08. The number of hydrogen-bond donors (Lipinski definition) is 1.